The van der Waals surface area contributed by atoms with E-state index in [2.05, 4.69) is 33.0 Å². The minimum Gasteiger partial charge on any atom is -0.306 e. The standard InChI is InChI=1S/C22H21N5O/c1-27-4-2-16(3-5-27)22(28)9-20-7-17-8-21(26-14-19(17)13-25-20)18-6-15(10-23)11-24-12-18/h6-8,11-14,16H,2-5,9H2,1H3. The lowest BCUT2D eigenvalue weighted by Gasteiger charge is -2.27. The second-order valence-corrected chi connectivity index (χ2v) is 7.39. The Morgan fingerprint density at radius 1 is 1.11 bits per heavy atom. The zero-order chi connectivity index (χ0) is 19.5. The topological polar surface area (TPSA) is 82.8 Å². The molecule has 1 fully saturated rings. The van der Waals surface area contributed by atoms with E-state index in [1.807, 2.05) is 12.1 Å². The highest BCUT2D eigenvalue weighted by atomic mass is 16.1. The summed E-state index contributed by atoms with van der Waals surface area (Å²) < 4.78 is 0. The molecule has 6 heteroatoms. The van der Waals surface area contributed by atoms with Crippen molar-refractivity contribution in [3.8, 4) is 17.3 Å². The summed E-state index contributed by atoms with van der Waals surface area (Å²) in [6, 6.07) is 7.79. The average molecular weight is 371 g/mol. The molecule has 140 valence electrons. The van der Waals surface area contributed by atoms with E-state index in [4.69, 9.17) is 5.26 Å². The Bertz CT molecular complexity index is 1060. The van der Waals surface area contributed by atoms with E-state index in [0.29, 0.717) is 12.0 Å². The molecule has 0 bridgehead atoms. The maximum absolute atomic E-state index is 12.7. The van der Waals surface area contributed by atoms with Crippen LogP contribution in [0.1, 0.15) is 24.1 Å². The van der Waals surface area contributed by atoms with E-state index in [-0.39, 0.29) is 11.7 Å². The molecule has 6 nitrogen and oxygen atoms in total. The van der Waals surface area contributed by atoms with Crippen LogP contribution in [0.5, 0.6) is 0 Å². The summed E-state index contributed by atoms with van der Waals surface area (Å²) in [6.07, 6.45) is 8.99. The summed E-state index contributed by atoms with van der Waals surface area (Å²) in [5.41, 5.74) is 2.83. The van der Waals surface area contributed by atoms with Crippen molar-refractivity contribution in [1.82, 2.24) is 19.9 Å². The van der Waals surface area contributed by atoms with E-state index in [9.17, 15) is 4.79 Å². The molecule has 4 heterocycles. The number of nitrogens with zero attached hydrogens (tertiary/aromatic N) is 5. The molecule has 0 N–H and O–H groups in total. The fourth-order valence-corrected chi connectivity index (χ4v) is 3.63. The van der Waals surface area contributed by atoms with Gasteiger partial charge in [0.05, 0.1) is 11.3 Å². The second-order valence-electron chi connectivity index (χ2n) is 7.39. The third-order valence-corrected chi connectivity index (χ3v) is 5.35. The molecule has 0 atom stereocenters. The van der Waals surface area contributed by atoms with Crippen molar-refractivity contribution >= 4 is 16.6 Å². The van der Waals surface area contributed by atoms with E-state index < -0.39 is 0 Å². The number of carbonyl (C=O) groups is 1. The van der Waals surface area contributed by atoms with Gasteiger partial charge in [-0.25, -0.2) is 0 Å². The van der Waals surface area contributed by atoms with Crippen molar-refractivity contribution in [2.24, 2.45) is 5.92 Å². The van der Waals surface area contributed by atoms with Crippen LogP contribution in [0.25, 0.3) is 22.0 Å². The van der Waals surface area contributed by atoms with E-state index >= 15 is 0 Å². The number of piperidine rings is 1. The normalized spacial score (nSPS) is 15.4. The predicted octanol–water partition coefficient (Wildman–Crippen LogP) is 3.02. The molecule has 3 aromatic heterocycles. The molecule has 3 aromatic rings. The number of nitriles is 1. The van der Waals surface area contributed by atoms with Crippen LogP contribution in [0.15, 0.2) is 43.0 Å². The van der Waals surface area contributed by atoms with E-state index in [0.717, 1.165) is 53.7 Å². The predicted molar refractivity (Wildman–Crippen MR) is 106 cm³/mol. The van der Waals surface area contributed by atoms with Crippen molar-refractivity contribution in [2.45, 2.75) is 19.3 Å². The van der Waals surface area contributed by atoms with Gasteiger partial charge in [-0.15, -0.1) is 0 Å². The highest BCUT2D eigenvalue weighted by Crippen LogP contribution is 2.23. The third-order valence-electron chi connectivity index (χ3n) is 5.35. The molecule has 1 aliphatic heterocycles. The molecule has 1 saturated heterocycles. The zero-order valence-electron chi connectivity index (χ0n) is 15.8. The Morgan fingerprint density at radius 2 is 1.89 bits per heavy atom. The number of pyridine rings is 3. The van der Waals surface area contributed by atoms with Gasteiger partial charge in [-0.1, -0.05) is 0 Å². The average Bonchev–Trinajstić information content (AvgIpc) is 2.73. The SMILES string of the molecule is CN1CCC(C(=O)Cc2cc3cc(-c4cncc(C#N)c4)ncc3cn2)CC1. The number of rotatable bonds is 4. The highest BCUT2D eigenvalue weighted by molar-refractivity contribution is 5.87. The number of hydrogen-bond donors (Lipinski definition) is 0. The fraction of sp³-hybridized carbons (Fsp3) is 0.318. The molecule has 0 amide bonds. The minimum atomic E-state index is 0.140. The van der Waals surface area contributed by atoms with Gasteiger partial charge < -0.3 is 4.90 Å². The molecular weight excluding hydrogens is 350 g/mol. The largest absolute Gasteiger partial charge is 0.306 e. The highest BCUT2D eigenvalue weighted by Gasteiger charge is 2.23. The van der Waals surface area contributed by atoms with Gasteiger partial charge in [0.2, 0.25) is 0 Å². The number of aromatic nitrogens is 3. The number of hydrogen-bond acceptors (Lipinski definition) is 6. The maximum Gasteiger partial charge on any atom is 0.142 e. The number of likely N-dealkylation sites (tertiary alicyclic amines) is 1. The monoisotopic (exact) mass is 371 g/mol. The Hall–Kier alpha value is -3.17. The van der Waals surface area contributed by atoms with E-state index in [1.165, 1.54) is 6.20 Å². The lowest BCUT2D eigenvalue weighted by atomic mass is 9.90. The van der Waals surface area contributed by atoms with Gasteiger partial charge in [0, 0.05) is 53.8 Å². The van der Waals surface area contributed by atoms with Gasteiger partial charge in [0.15, 0.2) is 0 Å². The van der Waals surface area contributed by atoms with Crippen molar-refractivity contribution in [2.75, 3.05) is 20.1 Å². The Labute approximate surface area is 163 Å². The lowest BCUT2D eigenvalue weighted by Crippen LogP contribution is -2.34. The zero-order valence-corrected chi connectivity index (χ0v) is 15.8. The van der Waals surface area contributed by atoms with Crippen LogP contribution in [0, 0.1) is 17.2 Å². The van der Waals surface area contributed by atoms with Crippen LogP contribution in [0.3, 0.4) is 0 Å². The van der Waals surface area contributed by atoms with Crippen molar-refractivity contribution in [3.05, 3.63) is 54.2 Å². The van der Waals surface area contributed by atoms with Gasteiger partial charge in [-0.2, -0.15) is 5.26 Å². The van der Waals surface area contributed by atoms with Gasteiger partial charge in [0.25, 0.3) is 0 Å². The molecule has 28 heavy (non-hydrogen) atoms. The van der Waals surface area contributed by atoms with Crippen molar-refractivity contribution in [1.29, 1.82) is 5.26 Å². The van der Waals surface area contributed by atoms with Crippen molar-refractivity contribution in [3.63, 3.8) is 0 Å². The summed E-state index contributed by atoms with van der Waals surface area (Å²) in [5, 5.41) is 11.0. The first kappa shape index (κ1) is 18.2. The molecule has 4 rings (SSSR count). The molecule has 0 saturated carbocycles. The molecule has 1 aliphatic rings. The molecule has 0 aliphatic carbocycles. The number of Topliss-reactive ketones (excluding diaryl/α,β-unsaturated/α-hetero) is 1. The first-order valence-electron chi connectivity index (χ1n) is 9.44. The van der Waals surface area contributed by atoms with E-state index in [1.54, 1.807) is 24.7 Å². The van der Waals surface area contributed by atoms with Crippen LogP contribution in [0.2, 0.25) is 0 Å². The van der Waals surface area contributed by atoms with Crippen LogP contribution < -0.4 is 0 Å². The minimum absolute atomic E-state index is 0.140. The van der Waals surface area contributed by atoms with Crippen molar-refractivity contribution < 1.29 is 4.79 Å². The van der Waals surface area contributed by atoms with Crippen LogP contribution in [0.4, 0.5) is 0 Å². The van der Waals surface area contributed by atoms with Gasteiger partial charge in [0.1, 0.15) is 11.9 Å². The maximum atomic E-state index is 12.7. The van der Waals surface area contributed by atoms with Crippen LogP contribution in [-0.2, 0) is 11.2 Å². The summed E-state index contributed by atoms with van der Waals surface area (Å²) >= 11 is 0. The number of fused-ring (bicyclic) bond motifs is 1. The molecule has 0 aromatic carbocycles. The molecule has 0 unspecified atom stereocenters. The number of ketones is 1. The summed E-state index contributed by atoms with van der Waals surface area (Å²) in [6.45, 7) is 1.96. The molecule has 0 radical (unpaired) electrons. The van der Waals surface area contributed by atoms with Crippen LogP contribution in [-0.4, -0.2) is 45.8 Å². The second kappa shape index (κ2) is 7.83. The summed E-state index contributed by atoms with van der Waals surface area (Å²) in [7, 11) is 2.10. The summed E-state index contributed by atoms with van der Waals surface area (Å²) in [4.78, 5) is 28.0. The first-order valence-corrected chi connectivity index (χ1v) is 9.44. The van der Waals surface area contributed by atoms with Gasteiger partial charge >= 0.3 is 0 Å². The van der Waals surface area contributed by atoms with Gasteiger partial charge in [-0.05, 0) is 56.6 Å². The third kappa shape index (κ3) is 3.90. The first-order chi connectivity index (χ1) is 13.6. The van der Waals surface area contributed by atoms with Crippen LogP contribution >= 0.6 is 0 Å². The quantitative estimate of drug-likeness (QED) is 0.701. The van der Waals surface area contributed by atoms with Gasteiger partial charge in [-0.3, -0.25) is 19.7 Å². The molecule has 0 spiro atoms. The fourth-order valence-electron chi connectivity index (χ4n) is 3.63. The Morgan fingerprint density at radius 3 is 2.68 bits per heavy atom. The lowest BCUT2D eigenvalue weighted by molar-refractivity contribution is -0.123. The summed E-state index contributed by atoms with van der Waals surface area (Å²) in [5.74, 6) is 0.418. The molecular formula is C22H21N5O. The number of carbonyl (C=O) groups excluding carboxylic acids is 1. The Kier molecular flexibility index (Phi) is 5.09. The smallest absolute Gasteiger partial charge is 0.142 e. The Balaban J connectivity index is 1.57.